The van der Waals surface area contributed by atoms with Crippen molar-refractivity contribution in [2.45, 2.75) is 12.5 Å². The van der Waals surface area contributed by atoms with Gasteiger partial charge in [-0.3, -0.25) is 5.41 Å². The Morgan fingerprint density at radius 3 is 2.72 bits per heavy atom. The molecule has 1 aliphatic rings. The van der Waals surface area contributed by atoms with Gasteiger partial charge in [-0.05, 0) is 30.7 Å². The van der Waals surface area contributed by atoms with Gasteiger partial charge in [0.1, 0.15) is 18.2 Å². The average molecular weight is 250 g/mol. The average Bonchev–Trinajstić information content (AvgIpc) is 2.88. The summed E-state index contributed by atoms with van der Waals surface area (Å²) in [5.74, 6) is 0.817. The fourth-order valence-corrected chi connectivity index (χ4v) is 1.75. The van der Waals surface area contributed by atoms with E-state index in [1.165, 1.54) is 0 Å². The molecule has 0 bridgehead atoms. The van der Waals surface area contributed by atoms with E-state index in [2.05, 4.69) is 0 Å². The minimum absolute atomic E-state index is 0.0612. The molecule has 5 nitrogen and oxygen atoms in total. The largest absolute Gasteiger partial charge is 0.491 e. The van der Waals surface area contributed by atoms with Crippen LogP contribution in [0.2, 0.25) is 0 Å². The Bertz CT molecular complexity index is 386. The maximum atomic E-state index is 7.27. The third-order valence-electron chi connectivity index (χ3n) is 2.76. The van der Waals surface area contributed by atoms with Gasteiger partial charge in [-0.1, -0.05) is 0 Å². The van der Waals surface area contributed by atoms with E-state index in [4.69, 9.17) is 25.4 Å². The summed E-state index contributed by atoms with van der Waals surface area (Å²) in [4.78, 5) is 0. The maximum absolute atomic E-state index is 7.27. The van der Waals surface area contributed by atoms with Crippen LogP contribution >= 0.6 is 0 Å². The highest BCUT2D eigenvalue weighted by Crippen LogP contribution is 2.12. The van der Waals surface area contributed by atoms with Gasteiger partial charge in [0.2, 0.25) is 0 Å². The van der Waals surface area contributed by atoms with Crippen molar-refractivity contribution in [1.82, 2.24) is 0 Å². The second-order valence-electron chi connectivity index (χ2n) is 4.14. The van der Waals surface area contributed by atoms with Crippen molar-refractivity contribution in [2.75, 3.05) is 26.4 Å². The molecule has 1 saturated heterocycles. The van der Waals surface area contributed by atoms with Crippen molar-refractivity contribution in [3.63, 3.8) is 0 Å². The van der Waals surface area contributed by atoms with Crippen LogP contribution in [0.3, 0.4) is 0 Å². The van der Waals surface area contributed by atoms with E-state index in [1.807, 2.05) is 0 Å². The standard InChI is InChI=1S/C13H18N2O3/c14-13(15)10-1-3-11(4-2-10)17-7-8-18-12-5-6-16-9-12/h1-4,12H,5-9H2,(H3,14,15). The SMILES string of the molecule is N=C(N)c1ccc(OCCOC2CCOC2)cc1. The Morgan fingerprint density at radius 2 is 2.11 bits per heavy atom. The van der Waals surface area contributed by atoms with E-state index >= 15 is 0 Å². The lowest BCUT2D eigenvalue weighted by Gasteiger charge is -2.11. The van der Waals surface area contributed by atoms with Crippen LogP contribution in [0.5, 0.6) is 5.75 Å². The first-order chi connectivity index (χ1) is 8.75. The van der Waals surface area contributed by atoms with Crippen LogP contribution < -0.4 is 10.5 Å². The van der Waals surface area contributed by atoms with Gasteiger partial charge in [-0.15, -0.1) is 0 Å². The highest BCUT2D eigenvalue weighted by molar-refractivity contribution is 5.94. The Morgan fingerprint density at radius 1 is 1.33 bits per heavy atom. The number of nitrogen functional groups attached to an aromatic ring is 1. The molecule has 1 atom stereocenters. The minimum Gasteiger partial charge on any atom is -0.491 e. The summed E-state index contributed by atoms with van der Waals surface area (Å²) in [5, 5.41) is 7.27. The Labute approximate surface area is 106 Å². The number of nitrogens with two attached hydrogens (primary N) is 1. The van der Waals surface area contributed by atoms with Gasteiger partial charge in [0, 0.05) is 12.2 Å². The number of amidine groups is 1. The van der Waals surface area contributed by atoms with Crippen LogP contribution in [0.1, 0.15) is 12.0 Å². The number of nitrogens with one attached hydrogen (secondary N) is 1. The highest BCUT2D eigenvalue weighted by atomic mass is 16.6. The topological polar surface area (TPSA) is 77.6 Å². The van der Waals surface area contributed by atoms with E-state index in [9.17, 15) is 0 Å². The Balaban J connectivity index is 1.68. The summed E-state index contributed by atoms with van der Waals surface area (Å²) in [6, 6.07) is 7.14. The fourth-order valence-electron chi connectivity index (χ4n) is 1.75. The molecule has 0 amide bonds. The molecule has 1 unspecified atom stereocenters. The van der Waals surface area contributed by atoms with Crippen LogP contribution in [-0.2, 0) is 9.47 Å². The normalized spacial score (nSPS) is 18.8. The van der Waals surface area contributed by atoms with Crippen molar-refractivity contribution in [3.8, 4) is 5.75 Å². The van der Waals surface area contributed by atoms with Crippen molar-refractivity contribution >= 4 is 5.84 Å². The number of rotatable bonds is 6. The van der Waals surface area contributed by atoms with E-state index in [1.54, 1.807) is 24.3 Å². The van der Waals surface area contributed by atoms with Crippen molar-refractivity contribution in [3.05, 3.63) is 29.8 Å². The lowest BCUT2D eigenvalue weighted by atomic mass is 10.2. The van der Waals surface area contributed by atoms with Crippen molar-refractivity contribution in [1.29, 1.82) is 5.41 Å². The van der Waals surface area contributed by atoms with Gasteiger partial charge in [-0.25, -0.2) is 0 Å². The molecule has 3 N–H and O–H groups in total. The first kappa shape index (κ1) is 12.9. The summed E-state index contributed by atoms with van der Waals surface area (Å²) in [6.07, 6.45) is 1.18. The molecule has 0 aromatic heterocycles. The summed E-state index contributed by atoms with van der Waals surface area (Å²) < 4.78 is 16.3. The van der Waals surface area contributed by atoms with Gasteiger partial charge in [-0.2, -0.15) is 0 Å². The van der Waals surface area contributed by atoms with E-state index < -0.39 is 0 Å². The smallest absolute Gasteiger partial charge is 0.122 e. The number of benzene rings is 1. The molecule has 0 spiro atoms. The van der Waals surface area contributed by atoms with Gasteiger partial charge in [0.05, 0.1) is 19.3 Å². The molecule has 98 valence electrons. The molecule has 18 heavy (non-hydrogen) atoms. The second-order valence-corrected chi connectivity index (χ2v) is 4.14. The van der Waals surface area contributed by atoms with Crippen LogP contribution in [0.25, 0.3) is 0 Å². The predicted octanol–water partition coefficient (Wildman–Crippen LogP) is 1.15. The zero-order chi connectivity index (χ0) is 12.8. The van der Waals surface area contributed by atoms with Crippen LogP contribution in [0.15, 0.2) is 24.3 Å². The molecule has 1 aromatic rings. The van der Waals surface area contributed by atoms with Gasteiger partial charge in [0.25, 0.3) is 0 Å². The maximum Gasteiger partial charge on any atom is 0.122 e. The van der Waals surface area contributed by atoms with Gasteiger partial charge >= 0.3 is 0 Å². The summed E-state index contributed by atoms with van der Waals surface area (Å²) in [5.41, 5.74) is 6.06. The molecule has 5 heteroatoms. The molecule has 2 rings (SSSR count). The Hall–Kier alpha value is -1.59. The molecule has 1 fully saturated rings. The minimum atomic E-state index is 0.0612. The number of hydrogen-bond donors (Lipinski definition) is 2. The fraction of sp³-hybridized carbons (Fsp3) is 0.462. The first-order valence-corrected chi connectivity index (χ1v) is 6.02. The van der Waals surface area contributed by atoms with E-state index in [-0.39, 0.29) is 11.9 Å². The molecular formula is C13H18N2O3. The van der Waals surface area contributed by atoms with Crippen LogP contribution in [-0.4, -0.2) is 38.4 Å². The molecular weight excluding hydrogens is 232 g/mol. The third kappa shape index (κ3) is 3.72. The van der Waals surface area contributed by atoms with Crippen molar-refractivity contribution in [2.24, 2.45) is 5.73 Å². The lowest BCUT2D eigenvalue weighted by molar-refractivity contribution is 0.0265. The zero-order valence-electron chi connectivity index (χ0n) is 10.2. The number of ether oxygens (including phenoxy) is 3. The van der Waals surface area contributed by atoms with Gasteiger partial charge in [0.15, 0.2) is 0 Å². The third-order valence-corrected chi connectivity index (χ3v) is 2.76. The molecule has 0 radical (unpaired) electrons. The predicted molar refractivity (Wildman–Crippen MR) is 68.1 cm³/mol. The number of hydrogen-bond acceptors (Lipinski definition) is 4. The summed E-state index contributed by atoms with van der Waals surface area (Å²) in [7, 11) is 0. The van der Waals surface area contributed by atoms with Crippen LogP contribution in [0, 0.1) is 5.41 Å². The summed E-state index contributed by atoms with van der Waals surface area (Å²) >= 11 is 0. The zero-order valence-corrected chi connectivity index (χ0v) is 10.2. The molecule has 0 aliphatic carbocycles. The first-order valence-electron chi connectivity index (χ1n) is 6.02. The van der Waals surface area contributed by atoms with E-state index in [0.717, 1.165) is 18.8 Å². The molecule has 1 heterocycles. The van der Waals surface area contributed by atoms with E-state index in [0.29, 0.717) is 25.4 Å². The highest BCUT2D eigenvalue weighted by Gasteiger charge is 2.15. The molecule has 1 aliphatic heterocycles. The molecule has 0 saturated carbocycles. The quantitative estimate of drug-likeness (QED) is 0.451. The monoisotopic (exact) mass is 250 g/mol. The molecule has 1 aromatic carbocycles. The van der Waals surface area contributed by atoms with Crippen LogP contribution in [0.4, 0.5) is 0 Å². The lowest BCUT2D eigenvalue weighted by Crippen LogP contribution is -2.17. The Kier molecular flexibility index (Phi) is 4.55. The summed E-state index contributed by atoms with van der Waals surface area (Å²) in [6.45, 7) is 2.55. The van der Waals surface area contributed by atoms with Crippen molar-refractivity contribution < 1.29 is 14.2 Å². The van der Waals surface area contributed by atoms with Gasteiger partial charge < -0.3 is 19.9 Å². The second kappa shape index (κ2) is 6.37.